The highest BCUT2D eigenvalue weighted by molar-refractivity contribution is 5.96. The van der Waals surface area contributed by atoms with Crippen LogP contribution in [-0.2, 0) is 0 Å². The van der Waals surface area contributed by atoms with Crippen molar-refractivity contribution in [2.45, 2.75) is 31.0 Å². The van der Waals surface area contributed by atoms with Gasteiger partial charge in [-0.15, -0.1) is 0 Å². The van der Waals surface area contributed by atoms with E-state index >= 15 is 0 Å². The number of aliphatic hydroxyl groups is 1. The Labute approximate surface area is 214 Å². The van der Waals surface area contributed by atoms with Gasteiger partial charge >= 0.3 is 6.03 Å². The van der Waals surface area contributed by atoms with Crippen molar-refractivity contribution in [1.29, 1.82) is 0 Å². The van der Waals surface area contributed by atoms with Crippen molar-refractivity contribution in [1.82, 2.24) is 5.32 Å². The van der Waals surface area contributed by atoms with Gasteiger partial charge in [0, 0.05) is 11.3 Å². The van der Waals surface area contributed by atoms with Gasteiger partial charge in [0.25, 0.3) is 0 Å². The number of phenolic OH excluding ortho intramolecular Hbond substituents is 2. The average Bonchev–Trinajstić information content (AvgIpc) is 3.23. The fourth-order valence-electron chi connectivity index (χ4n) is 4.91. The number of amides is 2. The predicted octanol–water partition coefficient (Wildman–Crippen LogP) is 6.06. The number of para-hydroxylation sites is 1. The summed E-state index contributed by atoms with van der Waals surface area (Å²) in [6.45, 7) is 0. The maximum Gasteiger partial charge on any atom is 0.322 e. The van der Waals surface area contributed by atoms with E-state index in [-0.39, 0.29) is 23.3 Å². The lowest BCUT2D eigenvalue weighted by molar-refractivity contribution is 0.159. The fourth-order valence-corrected chi connectivity index (χ4v) is 4.91. The minimum absolute atomic E-state index is 0.0207. The van der Waals surface area contributed by atoms with Crippen LogP contribution in [0.25, 0.3) is 11.1 Å². The van der Waals surface area contributed by atoms with E-state index in [4.69, 9.17) is 0 Å². The van der Waals surface area contributed by atoms with Gasteiger partial charge in [0.15, 0.2) is 0 Å². The van der Waals surface area contributed by atoms with Gasteiger partial charge in [0.1, 0.15) is 17.3 Å². The highest BCUT2D eigenvalue weighted by Gasteiger charge is 2.42. The number of nitrogens with one attached hydrogen (secondary N) is 1. The van der Waals surface area contributed by atoms with Gasteiger partial charge in [-0.2, -0.15) is 0 Å². The number of benzene rings is 4. The number of halogens is 1. The summed E-state index contributed by atoms with van der Waals surface area (Å²) in [5, 5.41) is 34.7. The van der Waals surface area contributed by atoms with Crippen LogP contribution in [0.5, 0.6) is 11.5 Å². The summed E-state index contributed by atoms with van der Waals surface area (Å²) >= 11 is 0. The van der Waals surface area contributed by atoms with Crippen LogP contribution < -0.4 is 10.2 Å². The Hall–Kier alpha value is -4.36. The Morgan fingerprint density at radius 2 is 1.59 bits per heavy atom. The third kappa shape index (κ3) is 5.13. The van der Waals surface area contributed by atoms with Crippen molar-refractivity contribution in [3.05, 3.63) is 114 Å². The molecule has 1 aliphatic heterocycles. The van der Waals surface area contributed by atoms with E-state index in [2.05, 4.69) is 5.32 Å². The van der Waals surface area contributed by atoms with Crippen LogP contribution in [0.15, 0.2) is 97.1 Å². The number of aromatic hydroxyl groups is 2. The summed E-state index contributed by atoms with van der Waals surface area (Å²) in [6.07, 6.45) is -0.0742. The molecule has 4 aromatic rings. The Kier molecular flexibility index (Phi) is 6.79. The van der Waals surface area contributed by atoms with Crippen molar-refractivity contribution in [3.8, 4) is 22.6 Å². The molecule has 0 saturated carbocycles. The molecule has 0 aliphatic carbocycles. The average molecular weight is 499 g/mol. The number of carbonyl (C=O) groups excluding carboxylic acids is 1. The highest BCUT2D eigenvalue weighted by Crippen LogP contribution is 2.41. The van der Waals surface area contributed by atoms with E-state index in [0.717, 1.165) is 11.1 Å². The lowest BCUT2D eigenvalue weighted by Crippen LogP contribution is -2.29. The molecule has 4 aromatic carbocycles. The van der Waals surface area contributed by atoms with E-state index in [0.29, 0.717) is 29.7 Å². The Morgan fingerprint density at radius 3 is 2.30 bits per heavy atom. The molecule has 3 atom stereocenters. The first-order valence-electron chi connectivity index (χ1n) is 12.1. The topological polar surface area (TPSA) is 93.0 Å². The molecule has 0 radical (unpaired) electrons. The third-order valence-electron chi connectivity index (χ3n) is 6.76. The third-order valence-corrected chi connectivity index (χ3v) is 6.76. The van der Waals surface area contributed by atoms with E-state index < -0.39 is 18.2 Å². The predicted molar refractivity (Wildman–Crippen MR) is 140 cm³/mol. The zero-order chi connectivity index (χ0) is 25.9. The molecule has 5 rings (SSSR count). The number of hydrogen-bond acceptors (Lipinski definition) is 4. The molecular weight excluding hydrogens is 471 g/mol. The molecule has 2 amide bonds. The van der Waals surface area contributed by atoms with Crippen LogP contribution in [0.3, 0.4) is 0 Å². The van der Waals surface area contributed by atoms with Crippen molar-refractivity contribution < 1.29 is 24.5 Å². The van der Waals surface area contributed by atoms with Gasteiger partial charge in [-0.1, -0.05) is 54.6 Å². The molecule has 2 unspecified atom stereocenters. The molecule has 188 valence electrons. The van der Waals surface area contributed by atoms with Crippen LogP contribution >= 0.6 is 0 Å². The zero-order valence-electron chi connectivity index (χ0n) is 20.0. The first-order chi connectivity index (χ1) is 17.9. The van der Waals surface area contributed by atoms with E-state index in [9.17, 15) is 24.5 Å². The van der Waals surface area contributed by atoms with Crippen LogP contribution in [0.2, 0.25) is 0 Å². The summed E-state index contributed by atoms with van der Waals surface area (Å²) in [4.78, 5) is 14.8. The second kappa shape index (κ2) is 10.3. The van der Waals surface area contributed by atoms with Crippen LogP contribution in [0.4, 0.5) is 14.9 Å². The normalized spacial score (nSPS) is 18.0. The maximum absolute atomic E-state index is 13.3. The largest absolute Gasteiger partial charge is 0.508 e. The van der Waals surface area contributed by atoms with Crippen molar-refractivity contribution in [2.75, 3.05) is 4.90 Å². The number of aliphatic hydroxyl groups excluding tert-OH is 1. The van der Waals surface area contributed by atoms with Gasteiger partial charge in [-0.05, 0) is 72.0 Å². The van der Waals surface area contributed by atoms with Crippen molar-refractivity contribution in [2.24, 2.45) is 0 Å². The molecule has 0 aromatic heterocycles. The number of carbonyl (C=O) groups is 1. The van der Waals surface area contributed by atoms with Crippen molar-refractivity contribution >= 4 is 11.7 Å². The Morgan fingerprint density at radius 1 is 0.865 bits per heavy atom. The summed E-state index contributed by atoms with van der Waals surface area (Å²) in [5.41, 5.74) is 3.32. The quantitative estimate of drug-likeness (QED) is 0.249. The first-order valence-corrected chi connectivity index (χ1v) is 12.1. The monoisotopic (exact) mass is 498 g/mol. The minimum atomic E-state index is -0.828. The Balaban J connectivity index is 1.46. The lowest BCUT2D eigenvalue weighted by atomic mass is 9.91. The molecular formula is C30H27FN2O4. The van der Waals surface area contributed by atoms with Gasteiger partial charge in [-0.25, -0.2) is 9.18 Å². The fraction of sp³-hybridized carbons (Fsp3) is 0.167. The van der Waals surface area contributed by atoms with E-state index in [1.807, 2.05) is 42.5 Å². The first kappa shape index (κ1) is 24.3. The van der Waals surface area contributed by atoms with Crippen molar-refractivity contribution in [3.63, 3.8) is 0 Å². The van der Waals surface area contributed by atoms with E-state index in [1.54, 1.807) is 47.4 Å². The van der Waals surface area contributed by atoms with Crippen LogP contribution in [-0.4, -0.2) is 27.4 Å². The molecule has 7 heteroatoms. The standard InChI is InChI=1S/C30H27FN2O4/c31-22-12-9-19(10-13-22)27(35)16-15-26-29(33(30(37)32-26)23-6-2-1-3-7-23)25-14-11-21(18-28(25)36)20-5-4-8-24(34)17-20/h1-14,17-18,26-27,29,34-36H,15-16H2,(H,32,37)/t26?,27?,29-/m1/s1. The highest BCUT2D eigenvalue weighted by atomic mass is 19.1. The van der Waals surface area contributed by atoms with Gasteiger partial charge in [0.2, 0.25) is 0 Å². The summed E-state index contributed by atoms with van der Waals surface area (Å²) < 4.78 is 13.3. The second-order valence-electron chi connectivity index (χ2n) is 9.17. The summed E-state index contributed by atoms with van der Waals surface area (Å²) in [5.74, 6) is -0.226. The molecule has 1 aliphatic rings. The number of anilines is 1. The number of urea groups is 1. The van der Waals surface area contributed by atoms with Gasteiger partial charge in [0.05, 0.1) is 18.2 Å². The molecule has 0 spiro atoms. The van der Waals surface area contributed by atoms with Gasteiger partial charge in [-0.3, -0.25) is 4.90 Å². The molecule has 4 N–H and O–H groups in total. The summed E-state index contributed by atoms with van der Waals surface area (Å²) in [7, 11) is 0. The molecule has 1 fully saturated rings. The Bertz CT molecular complexity index is 1390. The zero-order valence-corrected chi connectivity index (χ0v) is 20.0. The number of rotatable bonds is 7. The minimum Gasteiger partial charge on any atom is -0.508 e. The second-order valence-corrected chi connectivity index (χ2v) is 9.17. The SMILES string of the molecule is O=C1NC(CCC(O)c2ccc(F)cc2)[C@@H](c2ccc(-c3cccc(O)c3)cc2O)N1c1ccccc1. The maximum atomic E-state index is 13.3. The van der Waals surface area contributed by atoms with Crippen LogP contribution in [0.1, 0.15) is 36.1 Å². The van der Waals surface area contributed by atoms with Crippen LogP contribution in [0, 0.1) is 5.82 Å². The molecule has 1 saturated heterocycles. The number of nitrogens with zero attached hydrogens (tertiary/aromatic N) is 1. The molecule has 37 heavy (non-hydrogen) atoms. The van der Waals surface area contributed by atoms with E-state index in [1.165, 1.54) is 12.1 Å². The number of phenols is 2. The lowest BCUT2D eigenvalue weighted by Gasteiger charge is -2.28. The summed E-state index contributed by atoms with van der Waals surface area (Å²) in [6, 6.07) is 25.7. The molecule has 6 nitrogen and oxygen atoms in total. The molecule has 1 heterocycles. The molecule has 0 bridgehead atoms. The van der Waals surface area contributed by atoms with Gasteiger partial charge < -0.3 is 20.6 Å². The smallest absolute Gasteiger partial charge is 0.322 e. The number of hydrogen-bond donors (Lipinski definition) is 4.